The van der Waals surface area contributed by atoms with Gasteiger partial charge in [-0.05, 0) is 4.92 Å². The van der Waals surface area contributed by atoms with Crippen molar-refractivity contribution in [3.05, 3.63) is 22.1 Å². The number of methoxy groups -OCH3 is 1. The number of nitro groups is 1. The summed E-state index contributed by atoms with van der Waals surface area (Å²) < 4.78 is 6.00. The van der Waals surface area contributed by atoms with Crippen molar-refractivity contribution < 1.29 is 14.5 Å². The van der Waals surface area contributed by atoms with Crippen molar-refractivity contribution >= 4 is 23.5 Å². The first-order chi connectivity index (χ1) is 8.06. The second-order valence-electron chi connectivity index (χ2n) is 3.20. The van der Waals surface area contributed by atoms with Crippen LogP contribution in [0.25, 0.3) is 0 Å². The maximum absolute atomic E-state index is 10.8. The predicted octanol–water partition coefficient (Wildman–Crippen LogP) is 1.01. The molecule has 8 heteroatoms. The fourth-order valence-electron chi connectivity index (χ4n) is 1.25. The van der Waals surface area contributed by atoms with Crippen LogP contribution in [0.4, 0.5) is 5.82 Å². The summed E-state index contributed by atoms with van der Waals surface area (Å²) in [6.45, 7) is 2.15. The Kier molecular flexibility index (Phi) is 4.95. The van der Waals surface area contributed by atoms with Gasteiger partial charge in [-0.1, -0.05) is 0 Å². The predicted molar refractivity (Wildman–Crippen MR) is 63.0 cm³/mol. The fraction of sp³-hybridized carbons (Fsp3) is 0.556. The van der Waals surface area contributed by atoms with Gasteiger partial charge in [0.05, 0.1) is 12.9 Å². The molecule has 0 bridgehead atoms. The topological polar surface area (TPSA) is 87.3 Å². The molecular formula is C9H13N3O4S. The molecule has 0 aliphatic rings. The number of esters is 1. The minimum absolute atomic E-state index is 0.0267. The lowest BCUT2D eigenvalue weighted by Gasteiger charge is -2.02. The van der Waals surface area contributed by atoms with Crippen molar-refractivity contribution in [1.29, 1.82) is 0 Å². The molecule has 1 aromatic rings. The minimum Gasteiger partial charge on any atom is -0.468 e. The zero-order chi connectivity index (χ0) is 12.8. The molecule has 17 heavy (non-hydrogen) atoms. The number of ether oxygens (including phenoxy) is 1. The van der Waals surface area contributed by atoms with E-state index in [0.717, 1.165) is 0 Å². The van der Waals surface area contributed by atoms with Crippen LogP contribution in [-0.4, -0.2) is 39.1 Å². The average molecular weight is 259 g/mol. The molecule has 7 nitrogen and oxygen atoms in total. The number of rotatable bonds is 6. The van der Waals surface area contributed by atoms with Gasteiger partial charge in [-0.2, -0.15) is 0 Å². The summed E-state index contributed by atoms with van der Waals surface area (Å²) in [6, 6.07) is 0. The fourth-order valence-corrected chi connectivity index (χ4v) is 1.99. The van der Waals surface area contributed by atoms with Gasteiger partial charge in [0, 0.05) is 12.7 Å². The van der Waals surface area contributed by atoms with E-state index in [1.807, 2.05) is 0 Å². The lowest BCUT2D eigenvalue weighted by Crippen LogP contribution is -2.09. The first-order valence-corrected chi connectivity index (χ1v) is 6.02. The minimum atomic E-state index is -0.467. The number of thioether (sulfide) groups is 1. The van der Waals surface area contributed by atoms with Gasteiger partial charge in [-0.15, -0.1) is 11.8 Å². The molecule has 0 N–H and O–H groups in total. The zero-order valence-corrected chi connectivity index (χ0v) is 10.4. The van der Waals surface area contributed by atoms with E-state index in [2.05, 4.69) is 9.72 Å². The van der Waals surface area contributed by atoms with Crippen molar-refractivity contribution in [2.75, 3.05) is 18.6 Å². The molecule has 0 aliphatic heterocycles. The van der Waals surface area contributed by atoms with Crippen molar-refractivity contribution in [2.45, 2.75) is 13.5 Å². The largest absolute Gasteiger partial charge is 0.468 e. The molecule has 0 radical (unpaired) electrons. The maximum atomic E-state index is 10.8. The van der Waals surface area contributed by atoms with Crippen molar-refractivity contribution in [2.24, 2.45) is 0 Å². The van der Waals surface area contributed by atoms with Crippen LogP contribution in [0, 0.1) is 17.0 Å². The van der Waals surface area contributed by atoms with E-state index in [-0.39, 0.29) is 17.5 Å². The molecule has 0 saturated heterocycles. The van der Waals surface area contributed by atoms with Crippen LogP contribution < -0.4 is 0 Å². The summed E-state index contributed by atoms with van der Waals surface area (Å²) in [6.07, 6.45) is 1.24. The van der Waals surface area contributed by atoms with Crippen LogP contribution in [0.1, 0.15) is 5.82 Å². The van der Waals surface area contributed by atoms with Gasteiger partial charge >= 0.3 is 11.8 Å². The highest BCUT2D eigenvalue weighted by atomic mass is 32.2. The van der Waals surface area contributed by atoms with E-state index in [9.17, 15) is 14.9 Å². The number of aromatic nitrogens is 2. The molecule has 0 amide bonds. The summed E-state index contributed by atoms with van der Waals surface area (Å²) in [7, 11) is 1.33. The quantitative estimate of drug-likeness (QED) is 0.328. The average Bonchev–Trinajstić information content (AvgIpc) is 2.66. The van der Waals surface area contributed by atoms with Crippen LogP contribution in [0.15, 0.2) is 6.20 Å². The number of aryl methyl sites for hydroxylation is 1. The molecule has 1 heterocycles. The lowest BCUT2D eigenvalue weighted by molar-refractivity contribution is -0.392. The van der Waals surface area contributed by atoms with Gasteiger partial charge in [0.25, 0.3) is 0 Å². The molecule has 0 saturated carbocycles. The van der Waals surface area contributed by atoms with E-state index in [1.54, 1.807) is 6.92 Å². The Bertz CT molecular complexity index is 418. The van der Waals surface area contributed by atoms with Crippen LogP contribution in [0.2, 0.25) is 0 Å². The number of nitrogens with zero attached hydrogens (tertiary/aromatic N) is 3. The van der Waals surface area contributed by atoms with Gasteiger partial charge in [0.15, 0.2) is 5.82 Å². The Morgan fingerprint density at radius 1 is 1.71 bits per heavy atom. The second kappa shape index (κ2) is 6.24. The molecule has 0 aromatic carbocycles. The summed E-state index contributed by atoms with van der Waals surface area (Å²) in [5, 5.41) is 10.7. The molecule has 1 aromatic heterocycles. The number of imidazole rings is 1. The van der Waals surface area contributed by atoms with E-state index in [0.29, 0.717) is 18.1 Å². The zero-order valence-electron chi connectivity index (χ0n) is 9.58. The molecular weight excluding hydrogens is 246 g/mol. The Hall–Kier alpha value is -1.57. The normalized spacial score (nSPS) is 10.2. The molecule has 1 rings (SSSR count). The first kappa shape index (κ1) is 13.5. The summed E-state index contributed by atoms with van der Waals surface area (Å²) in [5.74, 6) is 1.11. The smallest absolute Gasteiger partial charge is 0.342 e. The number of hydrogen-bond donors (Lipinski definition) is 0. The third-order valence-electron chi connectivity index (χ3n) is 2.13. The van der Waals surface area contributed by atoms with Crippen LogP contribution in [0.5, 0.6) is 0 Å². The van der Waals surface area contributed by atoms with Crippen LogP contribution in [0.3, 0.4) is 0 Å². The highest BCUT2D eigenvalue weighted by Crippen LogP contribution is 2.14. The second-order valence-corrected chi connectivity index (χ2v) is 4.31. The Morgan fingerprint density at radius 2 is 2.41 bits per heavy atom. The Labute approximate surface area is 102 Å². The maximum Gasteiger partial charge on any atom is 0.342 e. The first-order valence-electron chi connectivity index (χ1n) is 4.87. The molecule has 0 fully saturated rings. The molecule has 94 valence electrons. The molecule has 0 unspecified atom stereocenters. The van der Waals surface area contributed by atoms with Gasteiger partial charge in [-0.3, -0.25) is 4.79 Å². The van der Waals surface area contributed by atoms with Gasteiger partial charge in [-0.25, -0.2) is 9.55 Å². The number of carbonyl (C=O) groups excluding carboxylic acids is 1. The monoisotopic (exact) mass is 259 g/mol. The summed E-state index contributed by atoms with van der Waals surface area (Å²) >= 11 is 1.37. The van der Waals surface area contributed by atoms with Crippen molar-refractivity contribution in [3.8, 4) is 0 Å². The highest BCUT2D eigenvalue weighted by Gasteiger charge is 2.16. The van der Waals surface area contributed by atoms with E-state index < -0.39 is 4.92 Å². The van der Waals surface area contributed by atoms with Gasteiger partial charge < -0.3 is 14.9 Å². The van der Waals surface area contributed by atoms with E-state index >= 15 is 0 Å². The number of carbonyl (C=O) groups is 1. The van der Waals surface area contributed by atoms with Crippen LogP contribution in [-0.2, 0) is 16.1 Å². The van der Waals surface area contributed by atoms with E-state index in [1.165, 1.54) is 29.6 Å². The van der Waals surface area contributed by atoms with Gasteiger partial charge in [0.1, 0.15) is 12.7 Å². The Balaban J connectivity index is 2.49. The summed E-state index contributed by atoms with van der Waals surface area (Å²) in [5.41, 5.74) is 0. The summed E-state index contributed by atoms with van der Waals surface area (Å²) in [4.78, 5) is 25.0. The van der Waals surface area contributed by atoms with E-state index in [4.69, 9.17) is 0 Å². The van der Waals surface area contributed by atoms with Crippen molar-refractivity contribution in [1.82, 2.24) is 9.55 Å². The SMILES string of the molecule is COC(=O)CSCCn1c([N+](=O)[O-])cnc1C. The Morgan fingerprint density at radius 3 is 3.00 bits per heavy atom. The number of hydrogen-bond acceptors (Lipinski definition) is 6. The lowest BCUT2D eigenvalue weighted by atomic mass is 10.6. The highest BCUT2D eigenvalue weighted by molar-refractivity contribution is 7.99. The molecule has 0 spiro atoms. The standard InChI is InChI=1S/C9H13N3O4S/c1-7-10-5-8(12(14)15)11(7)3-4-17-6-9(13)16-2/h5H,3-4,6H2,1-2H3. The molecule has 0 aliphatic carbocycles. The van der Waals surface area contributed by atoms with Gasteiger partial charge in [0.2, 0.25) is 0 Å². The third kappa shape index (κ3) is 3.74. The third-order valence-corrected chi connectivity index (χ3v) is 3.04. The van der Waals surface area contributed by atoms with Crippen molar-refractivity contribution in [3.63, 3.8) is 0 Å². The molecule has 0 atom stereocenters. The van der Waals surface area contributed by atoms with Crippen LogP contribution >= 0.6 is 11.8 Å².